The molecule has 0 unspecified atom stereocenters. The Labute approximate surface area is 194 Å². The maximum Gasteiger partial charge on any atom is 0.341 e. The minimum Gasteiger partial charge on any atom is -0.494 e. The number of carbonyl (C=O) groups excluding carboxylic acids is 1. The average molecular weight is 462 g/mol. The molecule has 0 aliphatic heterocycles. The lowest BCUT2D eigenvalue weighted by atomic mass is 10.1. The van der Waals surface area contributed by atoms with Gasteiger partial charge in [-0.2, -0.15) is 0 Å². The highest BCUT2D eigenvalue weighted by Gasteiger charge is 2.21. The van der Waals surface area contributed by atoms with Crippen LogP contribution in [0.25, 0.3) is 16.6 Å². The zero-order chi connectivity index (χ0) is 23.7. The van der Waals surface area contributed by atoms with Crippen molar-refractivity contribution in [3.63, 3.8) is 0 Å². The third kappa shape index (κ3) is 4.05. The third-order valence-electron chi connectivity index (χ3n) is 5.36. The minimum absolute atomic E-state index is 0.260. The molecule has 1 N–H and O–H groups in total. The predicted molar refractivity (Wildman–Crippen MR) is 131 cm³/mol. The first-order valence-corrected chi connectivity index (χ1v) is 11.3. The Morgan fingerprint density at radius 3 is 2.58 bits per heavy atom. The molecule has 0 atom stereocenters. The van der Waals surface area contributed by atoms with E-state index in [1.165, 1.54) is 22.1 Å². The van der Waals surface area contributed by atoms with Crippen molar-refractivity contribution in [3.8, 4) is 11.7 Å². The Balaban J connectivity index is 1.95. The smallest absolute Gasteiger partial charge is 0.341 e. The van der Waals surface area contributed by atoms with Gasteiger partial charge in [-0.3, -0.25) is 4.79 Å². The van der Waals surface area contributed by atoms with Crippen molar-refractivity contribution in [3.05, 3.63) is 80.1 Å². The van der Waals surface area contributed by atoms with Gasteiger partial charge in [0.1, 0.15) is 10.8 Å². The van der Waals surface area contributed by atoms with E-state index in [2.05, 4.69) is 9.98 Å². The summed E-state index contributed by atoms with van der Waals surface area (Å²) in [6.07, 6.45) is 1.48. The fourth-order valence-corrected chi connectivity index (χ4v) is 4.61. The number of aromatic hydroxyl groups is 1. The van der Waals surface area contributed by atoms with Gasteiger partial charge < -0.3 is 9.84 Å². The fraction of sp³-hybridized carbons (Fsp3) is 0.200. The Bertz CT molecular complexity index is 1470. The van der Waals surface area contributed by atoms with Crippen LogP contribution in [0.15, 0.2) is 52.3 Å². The Morgan fingerprint density at radius 1 is 1.15 bits per heavy atom. The zero-order valence-electron chi connectivity index (χ0n) is 18.7. The molecule has 4 aromatic rings. The molecule has 0 bridgehead atoms. The van der Waals surface area contributed by atoms with Crippen molar-refractivity contribution in [2.75, 3.05) is 6.61 Å². The number of pyridine rings is 2. The van der Waals surface area contributed by atoms with Gasteiger partial charge >= 0.3 is 5.97 Å². The summed E-state index contributed by atoms with van der Waals surface area (Å²) in [4.78, 5) is 35.6. The third-order valence-corrected chi connectivity index (χ3v) is 6.48. The molecular formula is C25H23N3O4S. The highest BCUT2D eigenvalue weighted by molar-refractivity contribution is 7.16. The van der Waals surface area contributed by atoms with Gasteiger partial charge in [-0.05, 0) is 51.5 Å². The number of aryl methyl sites for hydroxylation is 2. The van der Waals surface area contributed by atoms with Crippen LogP contribution in [-0.2, 0) is 4.74 Å². The second-order valence-corrected chi connectivity index (χ2v) is 8.71. The number of aliphatic imine (C=N–C) groups is 1. The Morgan fingerprint density at radius 2 is 1.88 bits per heavy atom. The molecule has 0 saturated carbocycles. The second kappa shape index (κ2) is 8.99. The van der Waals surface area contributed by atoms with E-state index in [9.17, 15) is 14.7 Å². The van der Waals surface area contributed by atoms with Crippen LogP contribution in [0.2, 0.25) is 0 Å². The van der Waals surface area contributed by atoms with Crippen molar-refractivity contribution in [1.29, 1.82) is 0 Å². The van der Waals surface area contributed by atoms with Gasteiger partial charge in [0.25, 0.3) is 5.56 Å². The standard InChI is InChI=1S/C25H23N3O4S/c1-5-32-25(31)21-15(3)16(4)33-22(21)26-13-19-17-10-6-7-11-18(17)23(29)28(24(19)30)20-12-8-9-14(2)27-20/h6-13,30H,5H2,1-4H3. The zero-order valence-corrected chi connectivity index (χ0v) is 19.6. The number of carbonyl (C=O) groups is 1. The van der Waals surface area contributed by atoms with Gasteiger partial charge in [0, 0.05) is 27.6 Å². The number of hydrogen-bond acceptors (Lipinski definition) is 7. The summed E-state index contributed by atoms with van der Waals surface area (Å²) < 4.78 is 6.38. The molecule has 7 nitrogen and oxygen atoms in total. The number of ether oxygens (including phenoxy) is 1. The minimum atomic E-state index is -0.436. The highest BCUT2D eigenvalue weighted by atomic mass is 32.1. The molecule has 168 valence electrons. The number of esters is 1. The maximum atomic E-state index is 13.2. The van der Waals surface area contributed by atoms with Gasteiger partial charge in [-0.15, -0.1) is 11.3 Å². The SMILES string of the molecule is CCOC(=O)c1c(N=Cc2c(O)n(-c3cccc(C)n3)c(=O)c3ccccc23)sc(C)c1C. The fourth-order valence-electron chi connectivity index (χ4n) is 3.62. The lowest BCUT2D eigenvalue weighted by Crippen LogP contribution is -2.21. The first-order valence-electron chi connectivity index (χ1n) is 10.4. The molecule has 0 fully saturated rings. The summed E-state index contributed by atoms with van der Waals surface area (Å²) >= 11 is 1.37. The van der Waals surface area contributed by atoms with Crippen molar-refractivity contribution in [2.24, 2.45) is 4.99 Å². The quantitative estimate of drug-likeness (QED) is 0.333. The van der Waals surface area contributed by atoms with Gasteiger partial charge in [-0.25, -0.2) is 19.3 Å². The van der Waals surface area contributed by atoms with E-state index < -0.39 is 5.97 Å². The Hall–Kier alpha value is -3.78. The van der Waals surface area contributed by atoms with Crippen LogP contribution < -0.4 is 5.56 Å². The van der Waals surface area contributed by atoms with Crippen LogP contribution in [0.5, 0.6) is 5.88 Å². The molecule has 3 heterocycles. The number of hydrogen-bond donors (Lipinski definition) is 1. The number of nitrogens with zero attached hydrogens (tertiary/aromatic N) is 3. The van der Waals surface area contributed by atoms with Gasteiger partial charge in [-0.1, -0.05) is 24.3 Å². The van der Waals surface area contributed by atoms with E-state index in [1.807, 2.05) is 26.8 Å². The summed E-state index contributed by atoms with van der Waals surface area (Å²) in [5, 5.41) is 12.6. The molecule has 0 spiro atoms. The predicted octanol–water partition coefficient (Wildman–Crippen LogP) is 5.01. The first kappa shape index (κ1) is 22.4. The van der Waals surface area contributed by atoms with E-state index >= 15 is 0 Å². The molecule has 0 aliphatic carbocycles. The van der Waals surface area contributed by atoms with Crippen LogP contribution in [0, 0.1) is 20.8 Å². The van der Waals surface area contributed by atoms with E-state index in [0.717, 1.165) is 10.4 Å². The summed E-state index contributed by atoms with van der Waals surface area (Å²) in [5.74, 6) is -0.398. The molecule has 4 rings (SSSR count). The second-order valence-electron chi connectivity index (χ2n) is 7.50. The molecule has 0 aliphatic rings. The number of fused-ring (bicyclic) bond motifs is 1. The van der Waals surface area contributed by atoms with E-state index in [-0.39, 0.29) is 18.0 Å². The summed E-state index contributed by atoms with van der Waals surface area (Å²) in [6.45, 7) is 7.59. The number of rotatable bonds is 5. The van der Waals surface area contributed by atoms with E-state index in [1.54, 1.807) is 43.3 Å². The van der Waals surface area contributed by atoms with Crippen LogP contribution in [0.1, 0.15) is 39.0 Å². The number of aromatic nitrogens is 2. The molecule has 0 saturated heterocycles. The van der Waals surface area contributed by atoms with Crippen molar-refractivity contribution in [2.45, 2.75) is 27.7 Å². The lowest BCUT2D eigenvalue weighted by Gasteiger charge is -2.13. The van der Waals surface area contributed by atoms with Crippen LogP contribution in [0.4, 0.5) is 5.00 Å². The van der Waals surface area contributed by atoms with Crippen molar-refractivity contribution < 1.29 is 14.6 Å². The summed E-state index contributed by atoms with van der Waals surface area (Å²) in [6, 6.07) is 12.3. The largest absolute Gasteiger partial charge is 0.494 e. The molecule has 33 heavy (non-hydrogen) atoms. The van der Waals surface area contributed by atoms with Gasteiger partial charge in [0.2, 0.25) is 5.88 Å². The van der Waals surface area contributed by atoms with E-state index in [0.29, 0.717) is 38.4 Å². The number of benzene rings is 1. The van der Waals surface area contributed by atoms with Crippen LogP contribution >= 0.6 is 11.3 Å². The molecule has 0 radical (unpaired) electrons. The normalized spacial score (nSPS) is 11.4. The van der Waals surface area contributed by atoms with Crippen molar-refractivity contribution in [1.82, 2.24) is 9.55 Å². The molecule has 0 amide bonds. The van der Waals surface area contributed by atoms with Crippen molar-refractivity contribution >= 4 is 39.3 Å². The van der Waals surface area contributed by atoms with Crippen LogP contribution in [-0.4, -0.2) is 33.4 Å². The lowest BCUT2D eigenvalue weighted by molar-refractivity contribution is 0.0527. The number of thiophene rings is 1. The monoisotopic (exact) mass is 461 g/mol. The highest BCUT2D eigenvalue weighted by Crippen LogP contribution is 2.36. The Kier molecular flexibility index (Phi) is 6.11. The maximum absolute atomic E-state index is 13.2. The van der Waals surface area contributed by atoms with E-state index in [4.69, 9.17) is 4.74 Å². The summed E-state index contributed by atoms with van der Waals surface area (Å²) in [5.41, 5.74) is 1.91. The molecule has 1 aromatic carbocycles. The summed E-state index contributed by atoms with van der Waals surface area (Å²) in [7, 11) is 0. The molecular weight excluding hydrogens is 438 g/mol. The molecule has 3 aromatic heterocycles. The molecule has 8 heteroatoms. The topological polar surface area (TPSA) is 93.8 Å². The van der Waals surface area contributed by atoms with Gasteiger partial charge in [0.05, 0.1) is 17.7 Å². The average Bonchev–Trinajstić information content (AvgIpc) is 3.07. The first-order chi connectivity index (χ1) is 15.8. The van der Waals surface area contributed by atoms with Gasteiger partial charge in [0.15, 0.2) is 0 Å². The van der Waals surface area contributed by atoms with Crippen LogP contribution in [0.3, 0.4) is 0 Å².